The Morgan fingerprint density at radius 2 is 2.16 bits per heavy atom. The van der Waals surface area contributed by atoms with Crippen LogP contribution in [0.2, 0.25) is 0 Å². The molecule has 1 rings (SSSR count). The Bertz CT molecular complexity index is 342. The minimum Gasteiger partial charge on any atom is -0.395 e. The minimum atomic E-state index is -4.37. The Kier molecular flexibility index (Phi) is 5.81. The predicted octanol–water partition coefficient (Wildman–Crippen LogP) is 1.37. The normalized spacial score (nSPS) is 15.8. The van der Waals surface area contributed by atoms with E-state index in [1.54, 1.807) is 7.05 Å². The van der Waals surface area contributed by atoms with Gasteiger partial charge < -0.3 is 10.0 Å². The number of aliphatic hydroxyl groups is 1. The summed E-state index contributed by atoms with van der Waals surface area (Å²) < 4.78 is 37.0. The molecule has 0 heterocycles. The van der Waals surface area contributed by atoms with Crippen LogP contribution in [0.25, 0.3) is 0 Å². The lowest BCUT2D eigenvalue weighted by Gasteiger charge is -2.25. The second-order valence-corrected chi connectivity index (χ2v) is 4.59. The van der Waals surface area contributed by atoms with Crippen LogP contribution in [0.4, 0.5) is 13.2 Å². The standard InChI is InChI=1S/C12H19F3N2O2/c1-16(10-4-2-3-5-10)11(19)8-17(6-7-18)9-12(13,14)15/h4,18H,2-3,5-9H2,1H3. The smallest absolute Gasteiger partial charge is 0.395 e. The first kappa shape index (κ1) is 16.0. The van der Waals surface area contributed by atoms with E-state index >= 15 is 0 Å². The van der Waals surface area contributed by atoms with E-state index in [0.717, 1.165) is 29.9 Å². The van der Waals surface area contributed by atoms with E-state index in [4.69, 9.17) is 5.11 Å². The van der Waals surface area contributed by atoms with Gasteiger partial charge in [0.25, 0.3) is 0 Å². The van der Waals surface area contributed by atoms with E-state index in [1.807, 2.05) is 6.08 Å². The molecule has 0 unspecified atom stereocenters. The highest BCUT2D eigenvalue weighted by molar-refractivity contribution is 5.79. The Hall–Kier alpha value is -1.08. The van der Waals surface area contributed by atoms with Crippen LogP contribution in [0.5, 0.6) is 0 Å². The second kappa shape index (κ2) is 6.91. The topological polar surface area (TPSA) is 43.8 Å². The SMILES string of the molecule is CN(C(=O)CN(CCO)CC(F)(F)F)C1=CCCC1. The molecule has 0 saturated heterocycles. The monoisotopic (exact) mass is 280 g/mol. The molecule has 0 radical (unpaired) electrons. The fourth-order valence-electron chi connectivity index (χ4n) is 2.03. The van der Waals surface area contributed by atoms with Crippen molar-refractivity contribution >= 4 is 5.91 Å². The third-order valence-corrected chi connectivity index (χ3v) is 3.00. The Morgan fingerprint density at radius 3 is 2.63 bits per heavy atom. The molecule has 19 heavy (non-hydrogen) atoms. The van der Waals surface area contributed by atoms with Crippen LogP contribution >= 0.6 is 0 Å². The van der Waals surface area contributed by atoms with E-state index < -0.39 is 19.3 Å². The van der Waals surface area contributed by atoms with Crippen molar-refractivity contribution in [2.75, 3.05) is 33.3 Å². The number of carbonyl (C=O) groups is 1. The van der Waals surface area contributed by atoms with E-state index in [1.165, 1.54) is 4.90 Å². The van der Waals surface area contributed by atoms with Crippen molar-refractivity contribution in [1.29, 1.82) is 0 Å². The molecule has 7 heteroatoms. The van der Waals surface area contributed by atoms with Gasteiger partial charge in [-0.15, -0.1) is 0 Å². The Balaban J connectivity index is 2.55. The van der Waals surface area contributed by atoms with E-state index in [0.29, 0.717) is 0 Å². The van der Waals surface area contributed by atoms with Gasteiger partial charge in [-0.3, -0.25) is 9.69 Å². The van der Waals surface area contributed by atoms with Gasteiger partial charge in [0, 0.05) is 19.3 Å². The van der Waals surface area contributed by atoms with Gasteiger partial charge in [0.2, 0.25) is 5.91 Å². The molecule has 0 fully saturated rings. The van der Waals surface area contributed by atoms with Crippen molar-refractivity contribution in [3.63, 3.8) is 0 Å². The highest BCUT2D eigenvalue weighted by atomic mass is 19.4. The lowest BCUT2D eigenvalue weighted by molar-refractivity contribution is -0.151. The molecule has 1 aliphatic carbocycles. The average molecular weight is 280 g/mol. The number of carbonyl (C=O) groups excluding carboxylic acids is 1. The van der Waals surface area contributed by atoms with Crippen molar-refractivity contribution in [2.45, 2.75) is 25.4 Å². The van der Waals surface area contributed by atoms with E-state index in [9.17, 15) is 18.0 Å². The molecular weight excluding hydrogens is 261 g/mol. The molecule has 1 amide bonds. The zero-order valence-electron chi connectivity index (χ0n) is 10.9. The molecule has 0 aromatic carbocycles. The van der Waals surface area contributed by atoms with Crippen molar-refractivity contribution in [3.05, 3.63) is 11.8 Å². The number of hydrogen-bond donors (Lipinski definition) is 1. The van der Waals surface area contributed by atoms with Gasteiger partial charge in [0.15, 0.2) is 0 Å². The first-order valence-electron chi connectivity index (χ1n) is 6.19. The maximum Gasteiger partial charge on any atom is 0.401 e. The molecule has 0 spiro atoms. The van der Waals surface area contributed by atoms with Crippen LogP contribution in [-0.2, 0) is 4.79 Å². The molecule has 4 nitrogen and oxygen atoms in total. The molecule has 0 aliphatic heterocycles. The predicted molar refractivity (Wildman–Crippen MR) is 64.3 cm³/mol. The first-order chi connectivity index (χ1) is 8.83. The minimum absolute atomic E-state index is 0.169. The Labute approximate surface area is 110 Å². The molecule has 0 bridgehead atoms. The summed E-state index contributed by atoms with van der Waals surface area (Å²) >= 11 is 0. The van der Waals surface area contributed by atoms with Crippen molar-refractivity contribution in [2.24, 2.45) is 0 Å². The molecule has 1 N–H and O–H groups in total. The molecule has 0 aromatic rings. The van der Waals surface area contributed by atoms with Gasteiger partial charge in [-0.25, -0.2) is 0 Å². The number of nitrogens with zero attached hydrogens (tertiary/aromatic N) is 2. The van der Waals surface area contributed by atoms with Crippen molar-refractivity contribution in [1.82, 2.24) is 9.80 Å². The number of rotatable bonds is 6. The number of alkyl halides is 3. The molecule has 1 aliphatic rings. The third-order valence-electron chi connectivity index (χ3n) is 3.00. The largest absolute Gasteiger partial charge is 0.401 e. The van der Waals surface area contributed by atoms with Gasteiger partial charge in [0.05, 0.1) is 19.7 Å². The summed E-state index contributed by atoms with van der Waals surface area (Å²) in [5.41, 5.74) is 0.862. The molecule has 0 aromatic heterocycles. The van der Waals surface area contributed by atoms with E-state index in [-0.39, 0.29) is 19.0 Å². The summed E-state index contributed by atoms with van der Waals surface area (Å²) in [5.74, 6) is -0.383. The highest BCUT2D eigenvalue weighted by Crippen LogP contribution is 2.21. The van der Waals surface area contributed by atoms with Crippen LogP contribution in [0.1, 0.15) is 19.3 Å². The summed E-state index contributed by atoms with van der Waals surface area (Å²) in [6, 6.07) is 0. The van der Waals surface area contributed by atoms with Gasteiger partial charge in [-0.2, -0.15) is 13.2 Å². The highest BCUT2D eigenvalue weighted by Gasteiger charge is 2.32. The third kappa shape index (κ3) is 5.61. The fraction of sp³-hybridized carbons (Fsp3) is 0.750. The van der Waals surface area contributed by atoms with Gasteiger partial charge >= 0.3 is 6.18 Å². The number of hydrogen-bond acceptors (Lipinski definition) is 3. The maximum atomic E-state index is 12.3. The van der Waals surface area contributed by atoms with Crippen LogP contribution in [0.3, 0.4) is 0 Å². The van der Waals surface area contributed by atoms with Crippen LogP contribution < -0.4 is 0 Å². The van der Waals surface area contributed by atoms with E-state index in [2.05, 4.69) is 0 Å². The summed E-state index contributed by atoms with van der Waals surface area (Å²) in [5, 5.41) is 8.75. The molecule has 110 valence electrons. The summed E-state index contributed by atoms with van der Waals surface area (Å²) in [6.07, 6.45) is 0.200. The van der Waals surface area contributed by atoms with Crippen LogP contribution in [0.15, 0.2) is 11.8 Å². The van der Waals surface area contributed by atoms with Crippen molar-refractivity contribution < 1.29 is 23.1 Å². The van der Waals surface area contributed by atoms with Gasteiger partial charge in [0.1, 0.15) is 0 Å². The summed E-state index contributed by atoms with van der Waals surface area (Å²) in [7, 11) is 1.57. The summed E-state index contributed by atoms with van der Waals surface area (Å²) in [4.78, 5) is 14.2. The van der Waals surface area contributed by atoms with Crippen molar-refractivity contribution in [3.8, 4) is 0 Å². The number of halogens is 3. The van der Waals surface area contributed by atoms with Gasteiger partial charge in [-0.1, -0.05) is 6.08 Å². The zero-order chi connectivity index (χ0) is 14.5. The first-order valence-corrected chi connectivity index (χ1v) is 6.19. The van der Waals surface area contributed by atoms with Gasteiger partial charge in [-0.05, 0) is 19.3 Å². The lowest BCUT2D eigenvalue weighted by atomic mass is 10.3. The average Bonchev–Trinajstić information content (AvgIpc) is 2.79. The Morgan fingerprint density at radius 1 is 1.47 bits per heavy atom. The number of likely N-dealkylation sites (N-methyl/N-ethyl adjacent to an activating group) is 1. The van der Waals surface area contributed by atoms with Crippen LogP contribution in [0, 0.1) is 0 Å². The fourth-order valence-corrected chi connectivity index (χ4v) is 2.03. The number of aliphatic hydroxyl groups excluding tert-OH is 1. The number of allylic oxidation sites excluding steroid dienone is 2. The zero-order valence-corrected chi connectivity index (χ0v) is 10.9. The second-order valence-electron chi connectivity index (χ2n) is 4.59. The number of amides is 1. The quantitative estimate of drug-likeness (QED) is 0.799. The molecule has 0 saturated carbocycles. The summed E-state index contributed by atoms with van der Waals surface area (Å²) in [6.45, 7) is -2.10. The molecule has 0 atom stereocenters. The molecular formula is C12H19F3N2O2. The maximum absolute atomic E-state index is 12.3. The van der Waals surface area contributed by atoms with Crippen LogP contribution in [-0.4, -0.2) is 60.3 Å². The lowest BCUT2D eigenvalue weighted by Crippen LogP contribution is -2.43.